The molecule has 0 saturated heterocycles. The number of aromatic nitrogens is 3. The van der Waals surface area contributed by atoms with Gasteiger partial charge in [0.25, 0.3) is 5.56 Å². The van der Waals surface area contributed by atoms with E-state index in [1.807, 2.05) is 0 Å². The molecule has 1 aromatic carbocycles. The number of hydrogen-bond acceptors (Lipinski definition) is 5. The topological polar surface area (TPSA) is 97.6 Å². The average molecular weight is 395 g/mol. The van der Waals surface area contributed by atoms with Crippen LogP contribution in [0.3, 0.4) is 0 Å². The Morgan fingerprint density at radius 2 is 2.07 bits per heavy atom. The fourth-order valence-corrected chi connectivity index (χ4v) is 3.29. The van der Waals surface area contributed by atoms with Crippen molar-refractivity contribution in [2.45, 2.75) is 12.6 Å². The fourth-order valence-electron chi connectivity index (χ4n) is 3.29. The molecule has 4 rings (SSSR count). The SMILES string of the molecule is N=CC1C=CC(c2cc(F)c(Cn3cnc4cnccc4c3=O)c(F)c2)=CC1N.[HH]. The maximum Gasteiger partial charge on any atom is 0.261 e. The molecular weight excluding hydrogens is 376 g/mol. The van der Waals surface area contributed by atoms with Gasteiger partial charge < -0.3 is 11.1 Å². The van der Waals surface area contributed by atoms with Crippen molar-refractivity contribution in [2.24, 2.45) is 11.7 Å². The molecule has 1 aliphatic rings. The number of nitrogens with one attached hydrogen (secondary N) is 1. The summed E-state index contributed by atoms with van der Waals surface area (Å²) in [6.45, 7) is -0.285. The van der Waals surface area contributed by atoms with Crippen molar-refractivity contribution in [3.63, 3.8) is 0 Å². The maximum absolute atomic E-state index is 14.7. The lowest BCUT2D eigenvalue weighted by molar-refractivity contribution is 0.540. The molecule has 0 bridgehead atoms. The zero-order valence-electron chi connectivity index (χ0n) is 15.2. The number of pyridine rings is 1. The third kappa shape index (κ3) is 3.50. The van der Waals surface area contributed by atoms with E-state index in [0.29, 0.717) is 22.0 Å². The third-order valence-corrected chi connectivity index (χ3v) is 4.94. The van der Waals surface area contributed by atoms with Gasteiger partial charge in [-0.25, -0.2) is 13.8 Å². The van der Waals surface area contributed by atoms with Crippen molar-refractivity contribution in [3.05, 3.63) is 88.3 Å². The largest absolute Gasteiger partial charge is 0.324 e. The summed E-state index contributed by atoms with van der Waals surface area (Å²) in [6.07, 6.45) is 10.5. The second-order valence-electron chi connectivity index (χ2n) is 6.79. The number of fused-ring (bicyclic) bond motifs is 1. The zero-order chi connectivity index (χ0) is 20.5. The Balaban J connectivity index is 0.00000256. The van der Waals surface area contributed by atoms with Crippen LogP contribution in [0.25, 0.3) is 16.5 Å². The van der Waals surface area contributed by atoms with Gasteiger partial charge in [0.05, 0.1) is 30.0 Å². The van der Waals surface area contributed by atoms with Gasteiger partial charge in [-0.05, 0) is 29.3 Å². The Labute approximate surface area is 166 Å². The normalized spacial score (nSPS) is 18.7. The minimum atomic E-state index is -0.765. The molecule has 3 aromatic rings. The van der Waals surface area contributed by atoms with E-state index in [1.165, 1.54) is 43.1 Å². The summed E-state index contributed by atoms with van der Waals surface area (Å²) < 4.78 is 30.6. The number of rotatable bonds is 4. The molecule has 0 aliphatic heterocycles. The van der Waals surface area contributed by atoms with E-state index in [2.05, 4.69) is 9.97 Å². The molecule has 148 valence electrons. The third-order valence-electron chi connectivity index (χ3n) is 4.94. The van der Waals surface area contributed by atoms with Crippen LogP contribution in [0.4, 0.5) is 8.78 Å². The number of nitrogens with two attached hydrogens (primary N) is 1. The molecule has 2 atom stereocenters. The lowest BCUT2D eigenvalue weighted by Gasteiger charge is -2.19. The molecule has 1 aliphatic carbocycles. The Morgan fingerprint density at radius 1 is 1.31 bits per heavy atom. The van der Waals surface area contributed by atoms with Crippen molar-refractivity contribution in [3.8, 4) is 0 Å². The van der Waals surface area contributed by atoms with Crippen LogP contribution in [0, 0.1) is 23.0 Å². The molecule has 0 spiro atoms. The molecule has 2 heterocycles. The van der Waals surface area contributed by atoms with E-state index < -0.39 is 23.2 Å². The first-order valence-corrected chi connectivity index (χ1v) is 8.91. The van der Waals surface area contributed by atoms with Gasteiger partial charge in [-0.2, -0.15) is 0 Å². The molecule has 6 nitrogen and oxygen atoms in total. The molecule has 3 N–H and O–H groups in total. The predicted octanol–water partition coefficient (Wildman–Crippen LogP) is 2.91. The van der Waals surface area contributed by atoms with E-state index >= 15 is 0 Å². The van der Waals surface area contributed by atoms with Gasteiger partial charge in [0.2, 0.25) is 0 Å². The van der Waals surface area contributed by atoms with Crippen LogP contribution in [-0.2, 0) is 6.54 Å². The quantitative estimate of drug-likeness (QED) is 0.664. The van der Waals surface area contributed by atoms with Crippen LogP contribution >= 0.6 is 0 Å². The predicted molar refractivity (Wildman–Crippen MR) is 109 cm³/mol. The van der Waals surface area contributed by atoms with Crippen molar-refractivity contribution in [1.82, 2.24) is 14.5 Å². The number of halogens is 2. The Hall–Kier alpha value is -3.52. The summed E-state index contributed by atoms with van der Waals surface area (Å²) in [7, 11) is 0. The monoisotopic (exact) mass is 395 g/mol. The van der Waals surface area contributed by atoms with E-state index in [1.54, 1.807) is 18.2 Å². The number of allylic oxidation sites excluding steroid dienone is 2. The highest BCUT2D eigenvalue weighted by molar-refractivity contribution is 5.79. The van der Waals surface area contributed by atoms with Gasteiger partial charge in [-0.15, -0.1) is 0 Å². The van der Waals surface area contributed by atoms with Crippen LogP contribution in [0.15, 0.2) is 59.9 Å². The first-order valence-electron chi connectivity index (χ1n) is 8.91. The molecule has 0 radical (unpaired) electrons. The van der Waals surface area contributed by atoms with Crippen LogP contribution in [-0.4, -0.2) is 26.8 Å². The molecule has 0 fully saturated rings. The Kier molecular flexibility index (Phi) is 4.85. The fraction of sp³-hybridized carbons (Fsp3) is 0.143. The second kappa shape index (κ2) is 7.48. The average Bonchev–Trinajstić information content (AvgIpc) is 2.72. The molecule has 0 saturated carbocycles. The summed E-state index contributed by atoms with van der Waals surface area (Å²) in [4.78, 5) is 20.6. The van der Waals surface area contributed by atoms with Gasteiger partial charge in [0.1, 0.15) is 11.6 Å². The van der Waals surface area contributed by atoms with E-state index in [-0.39, 0.29) is 19.5 Å². The number of nitrogens with zero attached hydrogens (tertiary/aromatic N) is 3. The van der Waals surface area contributed by atoms with Crippen LogP contribution in [0.2, 0.25) is 0 Å². The van der Waals surface area contributed by atoms with Crippen molar-refractivity contribution in [1.29, 1.82) is 5.41 Å². The molecule has 8 heteroatoms. The van der Waals surface area contributed by atoms with Gasteiger partial charge in [-0.3, -0.25) is 14.3 Å². The highest BCUT2D eigenvalue weighted by atomic mass is 19.1. The van der Waals surface area contributed by atoms with Gasteiger partial charge in [0.15, 0.2) is 0 Å². The first-order chi connectivity index (χ1) is 14.0. The van der Waals surface area contributed by atoms with Crippen molar-refractivity contribution in [2.75, 3.05) is 0 Å². The summed E-state index contributed by atoms with van der Waals surface area (Å²) in [5, 5.41) is 7.65. The minimum absolute atomic E-state index is 0. The lowest BCUT2D eigenvalue weighted by atomic mass is 9.90. The minimum Gasteiger partial charge on any atom is -0.324 e. The zero-order valence-corrected chi connectivity index (χ0v) is 15.2. The maximum atomic E-state index is 14.7. The second-order valence-corrected chi connectivity index (χ2v) is 6.79. The Bertz CT molecular complexity index is 1210. The van der Waals surface area contributed by atoms with Crippen molar-refractivity contribution >= 4 is 22.7 Å². The van der Waals surface area contributed by atoms with Gasteiger partial charge in [0, 0.05) is 31.4 Å². The summed E-state index contributed by atoms with van der Waals surface area (Å²) in [5.41, 5.74) is 6.68. The summed E-state index contributed by atoms with van der Waals surface area (Å²) in [5.74, 6) is -1.77. The first kappa shape index (κ1) is 18.8. The van der Waals surface area contributed by atoms with Crippen LogP contribution in [0.1, 0.15) is 12.6 Å². The summed E-state index contributed by atoms with van der Waals surface area (Å²) in [6, 6.07) is 3.52. The van der Waals surface area contributed by atoms with Crippen LogP contribution in [0.5, 0.6) is 0 Å². The van der Waals surface area contributed by atoms with Gasteiger partial charge in [-0.1, -0.05) is 18.2 Å². The molecular formula is C21H19F2N5O. The number of benzene rings is 1. The highest BCUT2D eigenvalue weighted by Gasteiger charge is 2.19. The van der Waals surface area contributed by atoms with Crippen molar-refractivity contribution < 1.29 is 10.2 Å². The Morgan fingerprint density at radius 3 is 2.76 bits per heavy atom. The molecule has 2 unspecified atom stereocenters. The number of hydrogen-bond donors (Lipinski definition) is 2. The van der Waals surface area contributed by atoms with E-state index in [9.17, 15) is 13.6 Å². The smallest absolute Gasteiger partial charge is 0.261 e. The standard InChI is InChI=1S/C21H17F2N5O.H2/c22-17-5-14(12-1-2-13(8-24)19(25)7-12)6-18(23)16(17)10-28-11-27-20-9-26-4-3-15(20)21(28)29;/h1-9,11,13,19,24H,10,25H2;1H. The van der Waals surface area contributed by atoms with Gasteiger partial charge >= 0.3 is 0 Å². The molecule has 0 amide bonds. The molecule has 2 aromatic heterocycles. The van der Waals surface area contributed by atoms with Crippen LogP contribution < -0.4 is 11.3 Å². The van der Waals surface area contributed by atoms with E-state index in [4.69, 9.17) is 11.1 Å². The highest BCUT2D eigenvalue weighted by Crippen LogP contribution is 2.26. The molecule has 29 heavy (non-hydrogen) atoms. The summed E-state index contributed by atoms with van der Waals surface area (Å²) >= 11 is 0. The lowest BCUT2D eigenvalue weighted by Crippen LogP contribution is -2.29. The van der Waals surface area contributed by atoms with E-state index in [0.717, 1.165) is 4.57 Å².